The van der Waals surface area contributed by atoms with Crippen molar-refractivity contribution in [3.8, 4) is 0 Å². The minimum atomic E-state index is -4.36. The first-order valence-electron chi connectivity index (χ1n) is 10.5. The first-order chi connectivity index (χ1) is 15.7. The van der Waals surface area contributed by atoms with Gasteiger partial charge in [0.25, 0.3) is 5.56 Å². The minimum absolute atomic E-state index is 0. The third-order valence-electron chi connectivity index (χ3n) is 5.11. The van der Waals surface area contributed by atoms with Gasteiger partial charge in [0.15, 0.2) is 23.5 Å². The van der Waals surface area contributed by atoms with E-state index in [-0.39, 0.29) is 72.0 Å². The molecular weight excluding hydrogens is 484 g/mol. The number of phosphoric ester groups is 1. The van der Waals surface area contributed by atoms with Crippen LogP contribution >= 0.6 is 7.82 Å². The van der Waals surface area contributed by atoms with E-state index in [1.54, 1.807) is 6.92 Å². The molecule has 2 aliphatic rings. The van der Waals surface area contributed by atoms with Crippen molar-refractivity contribution in [3.63, 3.8) is 0 Å². The largest absolute Gasteiger partial charge is 0.472 e. The van der Waals surface area contributed by atoms with Crippen molar-refractivity contribution in [3.05, 3.63) is 16.7 Å². The second-order valence-corrected chi connectivity index (χ2v) is 9.05. The molecule has 2 saturated heterocycles. The number of rotatable bonds is 7. The summed E-state index contributed by atoms with van der Waals surface area (Å²) in [4.78, 5) is 57.2. The zero-order valence-electron chi connectivity index (χ0n) is 18.9. The molecule has 0 aromatic carbocycles. The number of anilines is 1. The number of fused-ring (bicyclic) bond motifs is 2. The van der Waals surface area contributed by atoms with Crippen LogP contribution in [0.4, 0.5) is 5.95 Å². The van der Waals surface area contributed by atoms with Gasteiger partial charge in [-0.1, -0.05) is 13.8 Å². The first kappa shape index (κ1) is 27.0. The van der Waals surface area contributed by atoms with Gasteiger partial charge in [-0.15, -0.1) is 0 Å². The number of imidazole rings is 1. The Morgan fingerprint density at radius 3 is 2.79 bits per heavy atom. The van der Waals surface area contributed by atoms with E-state index in [4.69, 9.17) is 18.5 Å². The Morgan fingerprint density at radius 2 is 2.09 bits per heavy atom. The maximum absolute atomic E-state index is 12.5. The number of carbonyl (C=O) groups is 2. The van der Waals surface area contributed by atoms with E-state index in [0.717, 1.165) is 0 Å². The monoisotopic (exact) mass is 508 g/mol. The molecular formula is C18H24N5NaO9P. The molecule has 2 fully saturated rings. The number of nitrogens with one attached hydrogen (secondary N) is 2. The van der Waals surface area contributed by atoms with E-state index >= 15 is 0 Å². The number of hydrogen-bond donors (Lipinski definition) is 3. The van der Waals surface area contributed by atoms with Gasteiger partial charge in [-0.2, -0.15) is 4.98 Å². The summed E-state index contributed by atoms with van der Waals surface area (Å²) in [5, 5.41) is 2.52. The summed E-state index contributed by atoms with van der Waals surface area (Å²) in [6.07, 6.45) is -1.39. The molecule has 1 amide bonds. The summed E-state index contributed by atoms with van der Waals surface area (Å²) < 4.78 is 34.8. The van der Waals surface area contributed by atoms with Gasteiger partial charge in [0.2, 0.25) is 11.9 Å². The average Bonchev–Trinajstić information content (AvgIpc) is 3.29. The molecule has 34 heavy (non-hydrogen) atoms. The molecule has 0 saturated carbocycles. The Kier molecular flexibility index (Phi) is 8.69. The fraction of sp³-hybridized carbons (Fsp3) is 0.611. The molecule has 0 spiro atoms. The Balaban J connectivity index is 0.00000324. The average molecular weight is 508 g/mol. The minimum Gasteiger partial charge on any atom is -0.455 e. The number of aromatic nitrogens is 4. The van der Waals surface area contributed by atoms with Crippen LogP contribution in [0, 0.1) is 0 Å². The van der Waals surface area contributed by atoms with Gasteiger partial charge in [0, 0.05) is 42.4 Å². The van der Waals surface area contributed by atoms with Crippen LogP contribution in [0.25, 0.3) is 11.2 Å². The molecule has 16 heteroatoms. The van der Waals surface area contributed by atoms with Crippen LogP contribution in [0.3, 0.4) is 0 Å². The van der Waals surface area contributed by atoms with Crippen LogP contribution in [-0.4, -0.2) is 90.8 Å². The van der Waals surface area contributed by atoms with Gasteiger partial charge in [-0.25, -0.2) is 9.55 Å². The van der Waals surface area contributed by atoms with Crippen LogP contribution in [0.5, 0.6) is 0 Å². The molecule has 5 atom stereocenters. The van der Waals surface area contributed by atoms with E-state index in [0.29, 0.717) is 12.8 Å². The second kappa shape index (κ2) is 11.0. The second-order valence-electron chi connectivity index (χ2n) is 7.64. The van der Waals surface area contributed by atoms with Crippen LogP contribution in [0.2, 0.25) is 0 Å². The smallest absolute Gasteiger partial charge is 0.455 e. The fourth-order valence-electron chi connectivity index (χ4n) is 3.68. The third kappa shape index (κ3) is 5.60. The normalized spacial score (nSPS) is 28.2. The van der Waals surface area contributed by atoms with Gasteiger partial charge in [-0.3, -0.25) is 38.3 Å². The number of phosphoric acid groups is 1. The Hall–Kier alpha value is -1.64. The van der Waals surface area contributed by atoms with E-state index in [1.165, 1.54) is 10.9 Å². The third-order valence-corrected chi connectivity index (χ3v) is 6.09. The summed E-state index contributed by atoms with van der Waals surface area (Å²) in [7, 11) is -4.36. The molecule has 181 valence electrons. The molecule has 4 heterocycles. The summed E-state index contributed by atoms with van der Waals surface area (Å²) >= 11 is 0. The summed E-state index contributed by atoms with van der Waals surface area (Å²) in [5.41, 5.74) is -0.579. The van der Waals surface area contributed by atoms with Gasteiger partial charge >= 0.3 is 13.8 Å². The van der Waals surface area contributed by atoms with E-state index < -0.39 is 43.9 Å². The van der Waals surface area contributed by atoms with Gasteiger partial charge in [0.05, 0.1) is 12.9 Å². The zero-order valence-corrected chi connectivity index (χ0v) is 21.8. The summed E-state index contributed by atoms with van der Waals surface area (Å²) in [6.45, 7) is 3.37. The summed E-state index contributed by atoms with van der Waals surface area (Å²) in [6, 6.07) is 0. The van der Waals surface area contributed by atoms with Crippen LogP contribution < -0.4 is 10.9 Å². The topological polar surface area (TPSA) is 184 Å². The molecule has 2 aromatic rings. The zero-order chi connectivity index (χ0) is 23.8. The van der Waals surface area contributed by atoms with Gasteiger partial charge < -0.3 is 14.4 Å². The number of aromatic amines is 1. The Morgan fingerprint density at radius 1 is 1.35 bits per heavy atom. The van der Waals surface area contributed by atoms with E-state index in [1.807, 2.05) is 6.92 Å². The molecule has 3 N–H and O–H groups in total. The van der Waals surface area contributed by atoms with Crippen LogP contribution in [0.1, 0.15) is 45.8 Å². The van der Waals surface area contributed by atoms with Crippen molar-refractivity contribution in [1.29, 1.82) is 0 Å². The number of hydrogen-bond acceptors (Lipinski definition) is 10. The number of nitrogens with zero attached hydrogens (tertiary/aromatic N) is 3. The molecule has 0 bridgehead atoms. The maximum atomic E-state index is 12.5. The van der Waals surface area contributed by atoms with E-state index in [9.17, 15) is 23.8 Å². The van der Waals surface area contributed by atoms with Gasteiger partial charge in [0.1, 0.15) is 12.2 Å². The predicted molar refractivity (Wildman–Crippen MR) is 117 cm³/mol. The molecule has 0 aliphatic carbocycles. The molecule has 14 nitrogen and oxygen atoms in total. The summed E-state index contributed by atoms with van der Waals surface area (Å²) in [5.74, 6) is -0.964. The predicted octanol–water partition coefficient (Wildman–Crippen LogP) is 0.602. The SMILES string of the molecule is CCCC(=O)Nc1nc2c(ncn2[C@@H]2O[C@@H]3COP(=O)(O)O[C@H]3[C@H]2OC(=O)CCC)c(=O)[nH]1.[Na]. The Bertz CT molecular complexity index is 1170. The molecule has 1 radical (unpaired) electrons. The quantitative estimate of drug-likeness (QED) is 0.270. The molecule has 1 unspecified atom stereocenters. The Labute approximate surface area is 215 Å². The first-order valence-corrected chi connectivity index (χ1v) is 12.0. The number of ether oxygens (including phenoxy) is 2. The molecule has 2 aliphatic heterocycles. The van der Waals surface area contributed by atoms with Crippen molar-refractivity contribution < 1.29 is 37.6 Å². The van der Waals surface area contributed by atoms with Crippen LogP contribution in [-0.2, 0) is 32.7 Å². The molecule has 2 aromatic heterocycles. The maximum Gasteiger partial charge on any atom is 0.472 e. The van der Waals surface area contributed by atoms with Crippen molar-refractivity contribution >= 4 is 66.4 Å². The van der Waals surface area contributed by atoms with Crippen molar-refractivity contribution in [2.45, 2.75) is 64.1 Å². The van der Waals surface area contributed by atoms with Crippen molar-refractivity contribution in [1.82, 2.24) is 19.5 Å². The van der Waals surface area contributed by atoms with Crippen molar-refractivity contribution in [2.24, 2.45) is 0 Å². The number of carbonyl (C=O) groups excluding carboxylic acids is 2. The standard InChI is InChI=1S/C18H24N5O9P.Na/c1-3-5-10(24)20-18-21-15-12(16(26)22-18)19-8-23(15)17-14(31-11(25)6-4-2)13-9(30-17)7-29-33(27,28)32-13;/h8-9,13-14,17H,3-7H2,1-2H3,(H,27,28)(H2,20,21,22,24,26);/t9-,13-,14-,17-;/m1./s1. The van der Waals surface area contributed by atoms with E-state index in [2.05, 4.69) is 20.3 Å². The van der Waals surface area contributed by atoms with Crippen LogP contribution in [0.15, 0.2) is 11.1 Å². The number of H-pyrrole nitrogens is 1. The number of esters is 1. The molecule has 4 rings (SSSR count). The van der Waals surface area contributed by atoms with Crippen molar-refractivity contribution in [2.75, 3.05) is 11.9 Å². The fourth-order valence-corrected chi connectivity index (χ4v) is 4.64. The van der Waals surface area contributed by atoms with Gasteiger partial charge in [-0.05, 0) is 12.8 Å². The number of amides is 1.